The monoisotopic (exact) mass is 355 g/mol. The number of hydrogen-bond acceptors (Lipinski definition) is 4. The number of hydrogen-bond donors (Lipinski definition) is 0. The Morgan fingerprint density at radius 1 is 1.15 bits per heavy atom. The third kappa shape index (κ3) is 3.12. The van der Waals surface area contributed by atoms with E-state index < -0.39 is 11.6 Å². The lowest BCUT2D eigenvalue weighted by Gasteiger charge is -2.33. The van der Waals surface area contributed by atoms with Crippen LogP contribution in [-0.4, -0.2) is 35.8 Å². The van der Waals surface area contributed by atoms with Crippen molar-refractivity contribution in [3.63, 3.8) is 0 Å². The van der Waals surface area contributed by atoms with Crippen molar-refractivity contribution in [3.8, 4) is 11.1 Å². The quantitative estimate of drug-likeness (QED) is 0.693. The smallest absolute Gasteiger partial charge is 0.133 e. The molecule has 1 aromatic heterocycles. The Bertz CT molecular complexity index is 977. The summed E-state index contributed by atoms with van der Waals surface area (Å²) in [5, 5.41) is 0.742. The van der Waals surface area contributed by atoms with Crippen molar-refractivity contribution in [1.82, 2.24) is 9.97 Å². The maximum absolute atomic E-state index is 14.5. The van der Waals surface area contributed by atoms with Crippen LogP contribution in [0.4, 0.5) is 14.5 Å². The van der Waals surface area contributed by atoms with Crippen molar-refractivity contribution in [3.05, 3.63) is 54.0 Å². The number of aromatic nitrogens is 2. The van der Waals surface area contributed by atoms with Crippen LogP contribution in [0.25, 0.3) is 22.0 Å². The molecule has 1 saturated heterocycles. The van der Waals surface area contributed by atoms with Crippen LogP contribution in [0.3, 0.4) is 0 Å². The number of nitrogens with zero attached hydrogens (tertiary/aromatic N) is 3. The van der Waals surface area contributed by atoms with Gasteiger partial charge in [-0.15, -0.1) is 0 Å². The van der Waals surface area contributed by atoms with Crippen LogP contribution in [0.15, 0.2) is 36.5 Å². The van der Waals surface area contributed by atoms with Gasteiger partial charge < -0.3 is 9.64 Å². The van der Waals surface area contributed by atoms with E-state index in [1.807, 2.05) is 26.0 Å². The van der Waals surface area contributed by atoms with Gasteiger partial charge in [0.25, 0.3) is 0 Å². The van der Waals surface area contributed by atoms with Crippen molar-refractivity contribution in [2.45, 2.75) is 20.0 Å². The molecule has 0 bridgehead atoms. The first-order valence-corrected chi connectivity index (χ1v) is 8.60. The lowest BCUT2D eigenvalue weighted by Crippen LogP contribution is -2.41. The molecule has 26 heavy (non-hydrogen) atoms. The van der Waals surface area contributed by atoms with E-state index in [1.165, 1.54) is 12.1 Å². The Hall–Kier alpha value is -2.60. The summed E-state index contributed by atoms with van der Waals surface area (Å²) >= 11 is 0. The number of anilines is 1. The van der Waals surface area contributed by atoms with Crippen molar-refractivity contribution >= 4 is 16.6 Å². The van der Waals surface area contributed by atoms with Crippen molar-refractivity contribution in [2.24, 2.45) is 0 Å². The average molecular weight is 355 g/mol. The Morgan fingerprint density at radius 3 is 2.77 bits per heavy atom. The van der Waals surface area contributed by atoms with Crippen molar-refractivity contribution in [2.75, 3.05) is 24.6 Å². The van der Waals surface area contributed by atoms with Gasteiger partial charge in [-0.25, -0.2) is 18.7 Å². The van der Waals surface area contributed by atoms with E-state index in [-0.39, 0.29) is 6.10 Å². The highest BCUT2D eigenvalue weighted by Gasteiger charge is 2.20. The Morgan fingerprint density at radius 2 is 2.00 bits per heavy atom. The molecule has 4 rings (SSSR count). The van der Waals surface area contributed by atoms with Gasteiger partial charge in [-0.3, -0.25) is 0 Å². The second-order valence-electron chi connectivity index (χ2n) is 6.59. The first kappa shape index (κ1) is 16.8. The number of morpholine rings is 1. The lowest BCUT2D eigenvalue weighted by atomic mass is 9.99. The van der Waals surface area contributed by atoms with Crippen LogP contribution in [0.2, 0.25) is 0 Å². The molecule has 4 nitrogen and oxygen atoms in total. The first-order valence-electron chi connectivity index (χ1n) is 8.60. The zero-order chi connectivity index (χ0) is 18.3. The maximum Gasteiger partial charge on any atom is 0.133 e. The van der Waals surface area contributed by atoms with Gasteiger partial charge in [-0.2, -0.15) is 0 Å². The molecule has 2 aromatic carbocycles. The molecular weight excluding hydrogens is 336 g/mol. The largest absolute Gasteiger partial charge is 0.375 e. The molecule has 1 aliphatic rings. The summed E-state index contributed by atoms with van der Waals surface area (Å²) < 4.78 is 33.4. The van der Waals surface area contributed by atoms with E-state index in [1.54, 1.807) is 6.20 Å². The second-order valence-corrected chi connectivity index (χ2v) is 6.59. The Labute approximate surface area is 150 Å². The van der Waals surface area contributed by atoms with Crippen LogP contribution in [-0.2, 0) is 4.74 Å². The summed E-state index contributed by atoms with van der Waals surface area (Å²) in [6.45, 7) is 6.00. The van der Waals surface area contributed by atoms with Crippen LogP contribution >= 0.6 is 0 Å². The molecule has 0 radical (unpaired) electrons. The van der Waals surface area contributed by atoms with Gasteiger partial charge >= 0.3 is 0 Å². The van der Waals surface area contributed by atoms with Gasteiger partial charge in [-0.05, 0) is 43.7 Å². The topological polar surface area (TPSA) is 38.2 Å². The summed E-state index contributed by atoms with van der Waals surface area (Å²) in [6.07, 6.45) is 1.82. The molecule has 0 unspecified atom stereocenters. The van der Waals surface area contributed by atoms with Gasteiger partial charge in [0.1, 0.15) is 17.5 Å². The molecule has 1 aliphatic heterocycles. The number of benzene rings is 2. The predicted octanol–water partition coefficient (Wildman–Crippen LogP) is 4.11. The molecule has 0 aliphatic carbocycles. The lowest BCUT2D eigenvalue weighted by molar-refractivity contribution is 0.0532. The van der Waals surface area contributed by atoms with Gasteiger partial charge in [-0.1, -0.05) is 0 Å². The summed E-state index contributed by atoms with van der Waals surface area (Å²) in [4.78, 5) is 11.0. The van der Waals surface area contributed by atoms with E-state index in [0.717, 1.165) is 35.7 Å². The molecule has 1 atom stereocenters. The average Bonchev–Trinajstić information content (AvgIpc) is 2.60. The number of halogens is 2. The van der Waals surface area contributed by atoms with Crippen LogP contribution < -0.4 is 4.90 Å². The van der Waals surface area contributed by atoms with E-state index in [9.17, 15) is 8.78 Å². The number of rotatable bonds is 2. The maximum atomic E-state index is 14.5. The SMILES string of the molecule is Cc1ncc2c(-c3ccc(F)cc3F)cc(N3CCO[C@@H](C)C3)cc2n1. The summed E-state index contributed by atoms with van der Waals surface area (Å²) in [5.74, 6) is -0.546. The van der Waals surface area contributed by atoms with E-state index >= 15 is 0 Å². The fraction of sp³-hybridized carbons (Fsp3) is 0.300. The molecule has 3 aromatic rings. The minimum absolute atomic E-state index is 0.123. The minimum Gasteiger partial charge on any atom is -0.375 e. The molecule has 0 saturated carbocycles. The molecule has 6 heteroatoms. The zero-order valence-corrected chi connectivity index (χ0v) is 14.7. The summed E-state index contributed by atoms with van der Waals surface area (Å²) in [5.41, 5.74) is 2.69. The fourth-order valence-corrected chi connectivity index (χ4v) is 3.38. The molecule has 0 spiro atoms. The Kier molecular flexibility index (Phi) is 4.28. The molecule has 0 N–H and O–H groups in total. The standard InChI is InChI=1S/C20H19F2N3O/c1-12-11-25(5-6-26-12)15-8-17(16-4-3-14(21)7-19(16)22)18-10-23-13(2)24-20(18)9-15/h3-4,7-10,12H,5-6,11H2,1-2H3/t12-/m0/s1. The van der Waals surface area contributed by atoms with Crippen LogP contribution in [0.5, 0.6) is 0 Å². The molecule has 2 heterocycles. The van der Waals surface area contributed by atoms with Crippen molar-refractivity contribution in [1.29, 1.82) is 0 Å². The Balaban J connectivity index is 1.92. The number of aryl methyl sites for hydroxylation is 1. The third-order valence-corrected chi connectivity index (χ3v) is 4.63. The van der Waals surface area contributed by atoms with Crippen LogP contribution in [0, 0.1) is 18.6 Å². The summed E-state index contributed by atoms with van der Waals surface area (Å²) in [7, 11) is 0. The highest BCUT2D eigenvalue weighted by molar-refractivity contribution is 5.97. The van der Waals surface area contributed by atoms with E-state index in [4.69, 9.17) is 4.74 Å². The van der Waals surface area contributed by atoms with Gasteiger partial charge in [0.05, 0.1) is 18.2 Å². The fourth-order valence-electron chi connectivity index (χ4n) is 3.38. The van der Waals surface area contributed by atoms with Gasteiger partial charge in [0, 0.05) is 42.0 Å². The summed E-state index contributed by atoms with van der Waals surface area (Å²) in [6, 6.07) is 7.55. The van der Waals surface area contributed by atoms with E-state index in [2.05, 4.69) is 14.9 Å². The zero-order valence-electron chi connectivity index (χ0n) is 14.7. The highest BCUT2D eigenvalue weighted by Crippen LogP contribution is 2.34. The van der Waals surface area contributed by atoms with E-state index in [0.29, 0.717) is 23.6 Å². The van der Waals surface area contributed by atoms with Crippen molar-refractivity contribution < 1.29 is 13.5 Å². The van der Waals surface area contributed by atoms with Gasteiger partial charge in [0.15, 0.2) is 0 Å². The minimum atomic E-state index is -0.598. The van der Waals surface area contributed by atoms with Gasteiger partial charge in [0.2, 0.25) is 0 Å². The molecule has 1 fully saturated rings. The first-order chi connectivity index (χ1) is 12.5. The number of fused-ring (bicyclic) bond motifs is 1. The third-order valence-electron chi connectivity index (χ3n) is 4.63. The number of ether oxygens (including phenoxy) is 1. The van der Waals surface area contributed by atoms with Crippen LogP contribution in [0.1, 0.15) is 12.7 Å². The normalized spacial score (nSPS) is 17.7. The highest BCUT2D eigenvalue weighted by atomic mass is 19.1. The molecular formula is C20H19F2N3O. The second kappa shape index (κ2) is 6.61. The predicted molar refractivity (Wildman–Crippen MR) is 97.3 cm³/mol. The molecule has 134 valence electrons. The molecule has 0 amide bonds.